The van der Waals surface area contributed by atoms with Crippen molar-refractivity contribution in [2.75, 3.05) is 31.3 Å². The minimum Gasteiger partial charge on any atom is -0.353 e. The van der Waals surface area contributed by atoms with Crippen LogP contribution in [0.1, 0.15) is 39.5 Å². The Balaban J connectivity index is 2.07. The Morgan fingerprint density at radius 2 is 2.11 bits per heavy atom. The van der Waals surface area contributed by atoms with Gasteiger partial charge in [0.15, 0.2) is 4.34 Å². The van der Waals surface area contributed by atoms with E-state index in [0.29, 0.717) is 6.04 Å². The number of nitrogens with zero attached hydrogens (tertiary/aromatic N) is 3. The van der Waals surface area contributed by atoms with E-state index in [4.69, 9.17) is 0 Å². The minimum atomic E-state index is 0.645. The molecule has 1 unspecified atom stereocenters. The number of anilines is 1. The first-order valence-electron chi connectivity index (χ1n) is 7.00. The summed E-state index contributed by atoms with van der Waals surface area (Å²) < 4.78 is 1.08. The lowest BCUT2D eigenvalue weighted by atomic mass is 10.1. The van der Waals surface area contributed by atoms with Gasteiger partial charge in [-0.3, -0.25) is 0 Å². The summed E-state index contributed by atoms with van der Waals surface area (Å²) in [5.41, 5.74) is 0. The zero-order chi connectivity index (χ0) is 14.1. The predicted octanol–water partition coefficient (Wildman–Crippen LogP) is 3.25. The van der Waals surface area contributed by atoms with Crippen molar-refractivity contribution in [1.82, 2.24) is 15.5 Å². The molecule has 1 N–H and O–H groups in total. The van der Waals surface area contributed by atoms with Gasteiger partial charge in [-0.1, -0.05) is 36.4 Å². The van der Waals surface area contributed by atoms with Gasteiger partial charge in [-0.2, -0.15) is 0 Å². The lowest BCUT2D eigenvalue weighted by Gasteiger charge is -2.12. The van der Waals surface area contributed by atoms with Crippen LogP contribution < -0.4 is 10.2 Å². The molecule has 1 heterocycles. The van der Waals surface area contributed by atoms with Crippen LogP contribution in [0.15, 0.2) is 4.34 Å². The van der Waals surface area contributed by atoms with Crippen LogP contribution in [-0.2, 0) is 0 Å². The molecule has 0 saturated heterocycles. The van der Waals surface area contributed by atoms with E-state index < -0.39 is 0 Å². The van der Waals surface area contributed by atoms with Crippen molar-refractivity contribution < 1.29 is 0 Å². The van der Waals surface area contributed by atoms with E-state index in [1.165, 1.54) is 25.7 Å². The maximum absolute atomic E-state index is 4.19. The van der Waals surface area contributed by atoms with Crippen molar-refractivity contribution in [3.05, 3.63) is 0 Å². The molecule has 110 valence electrons. The average Bonchev–Trinajstić information content (AvgIpc) is 2.85. The summed E-state index contributed by atoms with van der Waals surface area (Å²) in [4.78, 5) is 2.00. The highest BCUT2D eigenvalue weighted by Crippen LogP contribution is 2.27. The summed E-state index contributed by atoms with van der Waals surface area (Å²) >= 11 is 3.50. The van der Waals surface area contributed by atoms with Crippen LogP contribution in [-0.4, -0.2) is 42.6 Å². The number of unbranched alkanes of at least 4 members (excludes halogenated alkanes) is 1. The van der Waals surface area contributed by atoms with Gasteiger partial charge in [0.2, 0.25) is 5.13 Å². The van der Waals surface area contributed by atoms with Crippen LogP contribution in [0.3, 0.4) is 0 Å². The van der Waals surface area contributed by atoms with Crippen molar-refractivity contribution in [1.29, 1.82) is 0 Å². The predicted molar refractivity (Wildman–Crippen MR) is 86.6 cm³/mol. The van der Waals surface area contributed by atoms with E-state index in [0.717, 1.165) is 21.8 Å². The molecule has 0 aliphatic heterocycles. The van der Waals surface area contributed by atoms with E-state index in [-0.39, 0.29) is 0 Å². The van der Waals surface area contributed by atoms with E-state index in [1.54, 1.807) is 11.3 Å². The second kappa shape index (κ2) is 9.55. The maximum Gasteiger partial charge on any atom is 0.208 e. The smallest absolute Gasteiger partial charge is 0.208 e. The highest BCUT2D eigenvalue weighted by molar-refractivity contribution is 8.01. The molecule has 0 aliphatic carbocycles. The molecule has 0 aliphatic rings. The standard InChI is InChI=1S/C13H26N4S2/c1-5-9-14-11(2)8-6-7-10-18-13-16-15-12(19-13)17(3)4/h11,14H,5-10H2,1-4H3. The number of thioether (sulfide) groups is 1. The van der Waals surface area contributed by atoms with Gasteiger partial charge < -0.3 is 10.2 Å². The largest absolute Gasteiger partial charge is 0.353 e. The van der Waals surface area contributed by atoms with E-state index in [9.17, 15) is 0 Å². The molecule has 1 aromatic rings. The normalized spacial score (nSPS) is 12.6. The van der Waals surface area contributed by atoms with E-state index in [1.807, 2.05) is 30.8 Å². The van der Waals surface area contributed by atoms with Gasteiger partial charge in [-0.25, -0.2) is 0 Å². The highest BCUT2D eigenvalue weighted by Gasteiger charge is 2.06. The van der Waals surface area contributed by atoms with Gasteiger partial charge in [-0.05, 0) is 32.7 Å². The van der Waals surface area contributed by atoms with Gasteiger partial charge in [0, 0.05) is 25.9 Å². The molecule has 19 heavy (non-hydrogen) atoms. The van der Waals surface area contributed by atoms with E-state index in [2.05, 4.69) is 29.4 Å². The lowest BCUT2D eigenvalue weighted by Crippen LogP contribution is -2.26. The molecule has 4 nitrogen and oxygen atoms in total. The van der Waals surface area contributed by atoms with Gasteiger partial charge >= 0.3 is 0 Å². The first-order valence-corrected chi connectivity index (χ1v) is 8.80. The zero-order valence-corrected chi connectivity index (χ0v) is 14.1. The maximum atomic E-state index is 4.19. The highest BCUT2D eigenvalue weighted by atomic mass is 32.2. The Morgan fingerprint density at radius 1 is 1.32 bits per heavy atom. The SMILES string of the molecule is CCCNC(C)CCCCSc1nnc(N(C)C)s1. The Labute approximate surface area is 125 Å². The van der Waals surface area contributed by atoms with Gasteiger partial charge in [0.05, 0.1) is 0 Å². The second-order valence-electron chi connectivity index (χ2n) is 4.94. The zero-order valence-electron chi connectivity index (χ0n) is 12.5. The van der Waals surface area contributed by atoms with Crippen LogP contribution in [0, 0.1) is 0 Å². The Morgan fingerprint density at radius 3 is 2.74 bits per heavy atom. The van der Waals surface area contributed by atoms with Crippen molar-refractivity contribution in [2.24, 2.45) is 0 Å². The fourth-order valence-corrected chi connectivity index (χ4v) is 3.48. The molecule has 0 bridgehead atoms. The molecule has 0 fully saturated rings. The van der Waals surface area contributed by atoms with Crippen molar-refractivity contribution in [3.63, 3.8) is 0 Å². The van der Waals surface area contributed by atoms with Gasteiger partial charge in [0.1, 0.15) is 0 Å². The topological polar surface area (TPSA) is 41.1 Å². The summed E-state index contributed by atoms with van der Waals surface area (Å²) in [6.45, 7) is 5.62. The minimum absolute atomic E-state index is 0.645. The summed E-state index contributed by atoms with van der Waals surface area (Å²) in [6, 6.07) is 0.645. The number of nitrogens with one attached hydrogen (secondary N) is 1. The fraction of sp³-hybridized carbons (Fsp3) is 0.846. The number of hydrogen-bond donors (Lipinski definition) is 1. The Hall–Kier alpha value is -0.330. The lowest BCUT2D eigenvalue weighted by molar-refractivity contribution is 0.496. The van der Waals surface area contributed by atoms with Crippen LogP contribution in [0.25, 0.3) is 0 Å². The van der Waals surface area contributed by atoms with Gasteiger partial charge in [-0.15, -0.1) is 10.2 Å². The Kier molecular flexibility index (Phi) is 8.41. The summed E-state index contributed by atoms with van der Waals surface area (Å²) in [7, 11) is 4.00. The molecule has 0 amide bonds. The van der Waals surface area contributed by atoms with Crippen LogP contribution >= 0.6 is 23.1 Å². The van der Waals surface area contributed by atoms with Crippen molar-refractivity contribution >= 4 is 28.2 Å². The average molecular weight is 303 g/mol. The molecular formula is C13H26N4S2. The molecule has 0 aromatic carbocycles. The number of hydrogen-bond acceptors (Lipinski definition) is 6. The van der Waals surface area contributed by atoms with Crippen LogP contribution in [0.5, 0.6) is 0 Å². The third-order valence-electron chi connectivity index (χ3n) is 2.78. The summed E-state index contributed by atoms with van der Waals surface area (Å²) in [5.74, 6) is 1.14. The quantitative estimate of drug-likeness (QED) is 0.531. The monoisotopic (exact) mass is 302 g/mol. The van der Waals surface area contributed by atoms with Gasteiger partial charge in [0.25, 0.3) is 0 Å². The van der Waals surface area contributed by atoms with Crippen LogP contribution in [0.4, 0.5) is 5.13 Å². The molecule has 0 radical (unpaired) electrons. The van der Waals surface area contributed by atoms with E-state index >= 15 is 0 Å². The van der Waals surface area contributed by atoms with Crippen molar-refractivity contribution in [2.45, 2.75) is 49.9 Å². The molecular weight excluding hydrogens is 276 g/mol. The number of rotatable bonds is 10. The third kappa shape index (κ3) is 7.13. The summed E-state index contributed by atoms with van der Waals surface area (Å²) in [6.07, 6.45) is 5.01. The third-order valence-corrected chi connectivity index (χ3v) is 5.09. The molecule has 6 heteroatoms. The van der Waals surface area contributed by atoms with Crippen LogP contribution in [0.2, 0.25) is 0 Å². The Bertz CT molecular complexity index is 341. The molecule has 0 saturated carbocycles. The molecule has 1 rings (SSSR count). The second-order valence-corrected chi connectivity index (χ2v) is 7.24. The first-order chi connectivity index (χ1) is 9.13. The molecule has 0 spiro atoms. The first kappa shape index (κ1) is 16.7. The number of aromatic nitrogens is 2. The molecule has 1 atom stereocenters. The summed E-state index contributed by atoms with van der Waals surface area (Å²) in [5, 5.41) is 12.8. The fourth-order valence-electron chi connectivity index (χ4n) is 1.65. The molecule has 1 aromatic heterocycles. The van der Waals surface area contributed by atoms with Crippen molar-refractivity contribution in [3.8, 4) is 0 Å².